The lowest BCUT2D eigenvalue weighted by Gasteiger charge is -2.40. The van der Waals surface area contributed by atoms with Gasteiger partial charge in [-0.15, -0.1) is 0 Å². The van der Waals surface area contributed by atoms with Gasteiger partial charge >= 0.3 is 0 Å². The molecule has 3 rings (SSSR count). The van der Waals surface area contributed by atoms with Crippen LogP contribution in [0.2, 0.25) is 0 Å². The van der Waals surface area contributed by atoms with Crippen LogP contribution in [-0.2, 0) is 4.74 Å². The van der Waals surface area contributed by atoms with E-state index in [9.17, 15) is 9.90 Å². The number of morpholine rings is 1. The number of carbonyl (C=O) groups excluding carboxylic acids is 1. The van der Waals surface area contributed by atoms with Crippen LogP contribution in [0.3, 0.4) is 0 Å². The second kappa shape index (κ2) is 7.81. The molecule has 1 aromatic rings. The fraction of sp³-hybridized carbons (Fsp3) is 0.684. The fourth-order valence-corrected chi connectivity index (χ4v) is 3.79. The lowest BCUT2D eigenvalue weighted by molar-refractivity contribution is -0.0776. The fourth-order valence-electron chi connectivity index (χ4n) is 3.79. The molecule has 1 aliphatic heterocycles. The lowest BCUT2D eigenvalue weighted by atomic mass is 9.84. The van der Waals surface area contributed by atoms with E-state index in [1.165, 1.54) is 6.42 Å². The van der Waals surface area contributed by atoms with Gasteiger partial charge in [-0.3, -0.25) is 14.7 Å². The number of hydrogen-bond acceptors (Lipinski definition) is 5. The third kappa shape index (κ3) is 4.57. The highest BCUT2D eigenvalue weighted by Crippen LogP contribution is 2.30. The molecule has 6 nitrogen and oxygen atoms in total. The molecule has 0 radical (unpaired) electrons. The average Bonchev–Trinajstić information content (AvgIpc) is 2.61. The summed E-state index contributed by atoms with van der Waals surface area (Å²) in [6.45, 7) is 2.93. The van der Waals surface area contributed by atoms with Gasteiger partial charge in [0, 0.05) is 39.9 Å². The van der Waals surface area contributed by atoms with Crippen LogP contribution in [0.5, 0.6) is 0 Å². The summed E-state index contributed by atoms with van der Waals surface area (Å²) in [7, 11) is 3.46. The predicted molar refractivity (Wildman–Crippen MR) is 95.4 cm³/mol. The second-order valence-corrected chi connectivity index (χ2v) is 7.55. The van der Waals surface area contributed by atoms with E-state index in [1.807, 2.05) is 12.1 Å². The number of aromatic nitrogens is 1. The normalized spacial score (nSPS) is 24.0. The van der Waals surface area contributed by atoms with Gasteiger partial charge < -0.3 is 14.7 Å². The number of rotatable bonds is 4. The Balaban J connectivity index is 1.62. The molecule has 0 bridgehead atoms. The van der Waals surface area contributed by atoms with Crippen molar-refractivity contribution in [3.05, 3.63) is 29.6 Å². The zero-order valence-electron chi connectivity index (χ0n) is 15.3. The van der Waals surface area contributed by atoms with Gasteiger partial charge in [-0.1, -0.05) is 19.3 Å². The number of amides is 1. The van der Waals surface area contributed by atoms with E-state index in [0.29, 0.717) is 18.7 Å². The molecule has 2 heterocycles. The topological polar surface area (TPSA) is 65.9 Å². The minimum absolute atomic E-state index is 0.0511. The Hall–Kier alpha value is -1.50. The van der Waals surface area contributed by atoms with Crippen molar-refractivity contribution in [1.82, 2.24) is 14.8 Å². The molecule has 1 saturated heterocycles. The molecule has 1 atom stereocenters. The molecule has 25 heavy (non-hydrogen) atoms. The van der Waals surface area contributed by atoms with Gasteiger partial charge in [0.2, 0.25) is 0 Å². The Labute approximate surface area is 149 Å². The highest BCUT2D eigenvalue weighted by atomic mass is 16.5. The second-order valence-electron chi connectivity index (χ2n) is 7.55. The van der Waals surface area contributed by atoms with E-state index < -0.39 is 5.60 Å². The number of β-amino-alcohol motifs (C(OH)–C–C–N with tert-alkyl or cyclic N) is 1. The van der Waals surface area contributed by atoms with Crippen LogP contribution in [0, 0.1) is 0 Å². The van der Waals surface area contributed by atoms with E-state index in [1.54, 1.807) is 25.2 Å². The van der Waals surface area contributed by atoms with Gasteiger partial charge in [0.1, 0.15) is 6.10 Å². The third-order valence-electron chi connectivity index (χ3n) is 5.22. The summed E-state index contributed by atoms with van der Waals surface area (Å²) in [4.78, 5) is 20.2. The first-order valence-electron chi connectivity index (χ1n) is 9.21. The van der Waals surface area contributed by atoms with Crippen LogP contribution in [-0.4, -0.2) is 71.7 Å². The SMILES string of the molecule is CN(C)C(=O)c1ccc([C@H]2CN(CC3(O)CCCCC3)CCO2)nc1. The van der Waals surface area contributed by atoms with Crippen molar-refractivity contribution in [3.63, 3.8) is 0 Å². The quantitative estimate of drug-likeness (QED) is 0.900. The minimum atomic E-state index is -0.546. The Kier molecular flexibility index (Phi) is 5.71. The Morgan fingerprint density at radius 3 is 2.76 bits per heavy atom. The number of hydrogen-bond donors (Lipinski definition) is 1. The summed E-state index contributed by atoms with van der Waals surface area (Å²) in [6.07, 6.45) is 6.78. The molecule has 1 N–H and O–H groups in total. The standard InChI is InChI=1S/C19H29N3O3/c1-21(2)18(23)15-6-7-16(20-12-15)17-13-22(10-11-25-17)14-19(24)8-4-3-5-9-19/h6-7,12,17,24H,3-5,8-11,13-14H2,1-2H3/t17-/m1/s1. The number of aliphatic hydroxyl groups is 1. The van der Waals surface area contributed by atoms with Gasteiger partial charge in [0.15, 0.2) is 0 Å². The van der Waals surface area contributed by atoms with Crippen LogP contribution in [0.1, 0.15) is 54.3 Å². The number of nitrogens with zero attached hydrogens (tertiary/aromatic N) is 3. The molecular formula is C19H29N3O3. The van der Waals surface area contributed by atoms with E-state index in [0.717, 1.165) is 44.5 Å². The van der Waals surface area contributed by atoms with E-state index in [2.05, 4.69) is 9.88 Å². The molecule has 1 saturated carbocycles. The van der Waals surface area contributed by atoms with Gasteiger partial charge in [0.05, 0.1) is 23.5 Å². The van der Waals surface area contributed by atoms with Crippen LogP contribution < -0.4 is 0 Å². The van der Waals surface area contributed by atoms with Crippen LogP contribution in [0.15, 0.2) is 18.3 Å². The van der Waals surface area contributed by atoms with E-state index in [-0.39, 0.29) is 12.0 Å². The summed E-state index contributed by atoms with van der Waals surface area (Å²) in [5.41, 5.74) is 0.879. The Morgan fingerprint density at radius 2 is 2.12 bits per heavy atom. The molecule has 138 valence electrons. The predicted octanol–water partition coefficient (Wildman–Crippen LogP) is 1.85. The first kappa shape index (κ1) is 18.3. The molecule has 1 amide bonds. The molecule has 1 aromatic heterocycles. The van der Waals surface area contributed by atoms with E-state index in [4.69, 9.17) is 4.74 Å². The maximum absolute atomic E-state index is 12.0. The minimum Gasteiger partial charge on any atom is -0.389 e. The Bertz CT molecular complexity index is 582. The largest absolute Gasteiger partial charge is 0.389 e. The monoisotopic (exact) mass is 347 g/mol. The van der Waals surface area contributed by atoms with Crippen molar-refractivity contribution in [2.24, 2.45) is 0 Å². The highest BCUT2D eigenvalue weighted by Gasteiger charge is 2.33. The molecule has 2 fully saturated rings. The van der Waals surface area contributed by atoms with E-state index >= 15 is 0 Å². The van der Waals surface area contributed by atoms with Gasteiger partial charge in [-0.25, -0.2) is 0 Å². The van der Waals surface area contributed by atoms with Crippen molar-refractivity contribution < 1.29 is 14.6 Å². The van der Waals surface area contributed by atoms with Crippen molar-refractivity contribution in [2.45, 2.75) is 43.8 Å². The average molecular weight is 347 g/mol. The summed E-state index contributed by atoms with van der Waals surface area (Å²) >= 11 is 0. The summed E-state index contributed by atoms with van der Waals surface area (Å²) in [5, 5.41) is 10.8. The summed E-state index contributed by atoms with van der Waals surface area (Å²) < 4.78 is 5.88. The smallest absolute Gasteiger partial charge is 0.254 e. The van der Waals surface area contributed by atoms with Gasteiger partial charge in [-0.2, -0.15) is 0 Å². The first-order valence-corrected chi connectivity index (χ1v) is 9.21. The third-order valence-corrected chi connectivity index (χ3v) is 5.22. The maximum Gasteiger partial charge on any atom is 0.254 e. The van der Waals surface area contributed by atoms with Crippen LogP contribution in [0.25, 0.3) is 0 Å². The van der Waals surface area contributed by atoms with Gasteiger partial charge in [-0.05, 0) is 25.0 Å². The zero-order valence-corrected chi connectivity index (χ0v) is 15.3. The van der Waals surface area contributed by atoms with Crippen molar-refractivity contribution >= 4 is 5.91 Å². The van der Waals surface area contributed by atoms with Crippen molar-refractivity contribution in [3.8, 4) is 0 Å². The summed E-state index contributed by atoms with van der Waals surface area (Å²) in [6, 6.07) is 3.68. The number of ether oxygens (including phenoxy) is 1. The molecule has 0 unspecified atom stereocenters. The Morgan fingerprint density at radius 1 is 1.36 bits per heavy atom. The summed E-state index contributed by atoms with van der Waals surface area (Å²) in [5.74, 6) is -0.0511. The van der Waals surface area contributed by atoms with Crippen LogP contribution in [0.4, 0.5) is 0 Å². The molecule has 0 aromatic carbocycles. The molecule has 6 heteroatoms. The molecule has 2 aliphatic rings. The van der Waals surface area contributed by atoms with Crippen molar-refractivity contribution in [1.29, 1.82) is 0 Å². The maximum atomic E-state index is 12.0. The highest BCUT2D eigenvalue weighted by molar-refractivity contribution is 5.93. The molecular weight excluding hydrogens is 318 g/mol. The first-order chi connectivity index (χ1) is 12.0. The molecule has 1 aliphatic carbocycles. The number of pyridine rings is 1. The van der Waals surface area contributed by atoms with Gasteiger partial charge in [0.25, 0.3) is 5.91 Å². The molecule has 0 spiro atoms. The van der Waals surface area contributed by atoms with Crippen molar-refractivity contribution in [2.75, 3.05) is 40.3 Å². The number of carbonyl (C=O) groups is 1. The lowest BCUT2D eigenvalue weighted by Crippen LogP contribution is -2.49. The zero-order chi connectivity index (χ0) is 17.9. The van der Waals surface area contributed by atoms with Crippen LogP contribution >= 0.6 is 0 Å².